The zero-order valence-electron chi connectivity index (χ0n) is 17.7. The molecule has 16 nitrogen and oxygen atoms in total. The molecule has 15 atom stereocenters. The third-order valence-electron chi connectivity index (χ3n) is 6.08. The van der Waals surface area contributed by atoms with E-state index in [4.69, 9.17) is 23.7 Å². The molecule has 3 aliphatic rings. The van der Waals surface area contributed by atoms with E-state index in [0.717, 1.165) is 0 Å². The molecule has 34 heavy (non-hydrogen) atoms. The molecule has 3 aliphatic heterocycles. The number of aliphatic hydroxyl groups is 11. The molecule has 3 heterocycles. The Balaban J connectivity index is 1.74. The highest BCUT2D eigenvalue weighted by Gasteiger charge is 2.51. The van der Waals surface area contributed by atoms with Crippen molar-refractivity contribution in [3.8, 4) is 0 Å². The first-order chi connectivity index (χ1) is 16.0. The van der Waals surface area contributed by atoms with E-state index in [1.165, 1.54) is 0 Å². The van der Waals surface area contributed by atoms with Crippen LogP contribution in [0.25, 0.3) is 0 Å². The summed E-state index contributed by atoms with van der Waals surface area (Å²) < 4.78 is 26.5. The van der Waals surface area contributed by atoms with Gasteiger partial charge >= 0.3 is 0 Å². The summed E-state index contributed by atoms with van der Waals surface area (Å²) in [6, 6.07) is 0. The molecule has 3 fully saturated rings. The maximum atomic E-state index is 10.5. The van der Waals surface area contributed by atoms with Gasteiger partial charge in [-0.15, -0.1) is 0 Å². The van der Waals surface area contributed by atoms with Crippen molar-refractivity contribution in [3.05, 3.63) is 0 Å². The summed E-state index contributed by atoms with van der Waals surface area (Å²) in [5.41, 5.74) is 0. The first-order valence-electron chi connectivity index (χ1n) is 10.6. The molecule has 1 unspecified atom stereocenters. The molecule has 0 amide bonds. The van der Waals surface area contributed by atoms with Crippen molar-refractivity contribution in [1.82, 2.24) is 0 Å². The van der Waals surface area contributed by atoms with Gasteiger partial charge in [-0.05, 0) is 0 Å². The molecule has 0 saturated carbocycles. The van der Waals surface area contributed by atoms with Crippen molar-refractivity contribution < 1.29 is 79.9 Å². The lowest BCUT2D eigenvalue weighted by molar-refractivity contribution is -0.372. The Morgan fingerprint density at radius 2 is 1.00 bits per heavy atom. The summed E-state index contributed by atoms with van der Waals surface area (Å²) in [6.45, 7) is -2.11. The van der Waals surface area contributed by atoms with Crippen LogP contribution in [-0.2, 0) is 23.7 Å². The van der Waals surface area contributed by atoms with E-state index in [1.54, 1.807) is 0 Å². The van der Waals surface area contributed by atoms with Crippen LogP contribution in [0.15, 0.2) is 0 Å². The van der Waals surface area contributed by atoms with Crippen LogP contribution < -0.4 is 0 Å². The van der Waals surface area contributed by atoms with Crippen LogP contribution in [0.4, 0.5) is 0 Å². The SMILES string of the molecule is OC[C@H]1O[C@@H](O[C@H]2[C@@H](OC[C@H]3OC(O)[C@H](O)[C@@H](O)[C@@H]3O)O[C@H](CO)[C@@H](O)[C@@H]2O)[C@H](O)[C@@H](O)[C@@H]1O. The third kappa shape index (κ3) is 5.52. The van der Waals surface area contributed by atoms with Gasteiger partial charge < -0.3 is 79.9 Å². The fraction of sp³-hybridized carbons (Fsp3) is 1.00. The van der Waals surface area contributed by atoms with Gasteiger partial charge in [-0.2, -0.15) is 0 Å². The van der Waals surface area contributed by atoms with Gasteiger partial charge in [0.25, 0.3) is 0 Å². The summed E-state index contributed by atoms with van der Waals surface area (Å²) >= 11 is 0. The van der Waals surface area contributed by atoms with Gasteiger partial charge in [0, 0.05) is 0 Å². The average Bonchev–Trinajstić information content (AvgIpc) is 2.82. The Morgan fingerprint density at radius 1 is 0.500 bits per heavy atom. The minimum absolute atomic E-state index is 0.609. The van der Waals surface area contributed by atoms with Crippen LogP contribution in [-0.4, -0.2) is 168 Å². The molecule has 3 saturated heterocycles. The topological polar surface area (TPSA) is 269 Å². The quantitative estimate of drug-likeness (QED) is 0.154. The molecule has 200 valence electrons. The molecular formula is C18H32O16. The van der Waals surface area contributed by atoms with Crippen LogP contribution in [0.2, 0.25) is 0 Å². The molecule has 0 aromatic rings. The minimum Gasteiger partial charge on any atom is -0.394 e. The zero-order valence-corrected chi connectivity index (χ0v) is 17.7. The maximum absolute atomic E-state index is 10.5. The lowest BCUT2D eigenvalue weighted by Gasteiger charge is -2.46. The highest BCUT2D eigenvalue weighted by atomic mass is 16.8. The smallest absolute Gasteiger partial charge is 0.187 e. The number of ether oxygens (including phenoxy) is 5. The predicted molar refractivity (Wildman–Crippen MR) is 101 cm³/mol. The summed E-state index contributed by atoms with van der Waals surface area (Å²) in [6.07, 6.45) is -25.0. The van der Waals surface area contributed by atoms with Crippen LogP contribution in [0, 0.1) is 0 Å². The van der Waals surface area contributed by atoms with E-state index < -0.39 is 112 Å². The van der Waals surface area contributed by atoms with Crippen molar-refractivity contribution in [3.63, 3.8) is 0 Å². The summed E-state index contributed by atoms with van der Waals surface area (Å²) in [4.78, 5) is 0. The average molecular weight is 504 g/mol. The Morgan fingerprint density at radius 3 is 1.59 bits per heavy atom. The zero-order chi connectivity index (χ0) is 25.3. The summed E-state index contributed by atoms with van der Waals surface area (Å²) in [7, 11) is 0. The Labute approximate surface area is 192 Å². The van der Waals surface area contributed by atoms with Gasteiger partial charge in [0.2, 0.25) is 0 Å². The van der Waals surface area contributed by atoms with Crippen LogP contribution in [0.5, 0.6) is 0 Å². The van der Waals surface area contributed by atoms with Gasteiger partial charge in [-0.3, -0.25) is 0 Å². The molecule has 0 bridgehead atoms. The Bertz CT molecular complexity index is 639. The van der Waals surface area contributed by atoms with E-state index in [2.05, 4.69) is 0 Å². The summed E-state index contributed by atoms with van der Waals surface area (Å²) in [5, 5.41) is 109. The fourth-order valence-electron chi connectivity index (χ4n) is 3.93. The molecule has 11 N–H and O–H groups in total. The first kappa shape index (κ1) is 27.9. The third-order valence-corrected chi connectivity index (χ3v) is 6.08. The lowest BCUT2D eigenvalue weighted by atomic mass is 9.97. The van der Waals surface area contributed by atoms with Crippen LogP contribution >= 0.6 is 0 Å². The summed E-state index contributed by atoms with van der Waals surface area (Å²) in [5.74, 6) is 0. The highest BCUT2D eigenvalue weighted by Crippen LogP contribution is 2.30. The van der Waals surface area contributed by atoms with E-state index >= 15 is 0 Å². The predicted octanol–water partition coefficient (Wildman–Crippen LogP) is -7.57. The number of aliphatic hydroxyl groups excluding tert-OH is 11. The molecule has 0 radical (unpaired) electrons. The van der Waals surface area contributed by atoms with E-state index in [0.29, 0.717) is 0 Å². The molecule has 16 heteroatoms. The van der Waals surface area contributed by atoms with Crippen molar-refractivity contribution >= 4 is 0 Å². The van der Waals surface area contributed by atoms with Crippen LogP contribution in [0.1, 0.15) is 0 Å². The van der Waals surface area contributed by atoms with E-state index in [9.17, 15) is 56.2 Å². The second-order valence-electron chi connectivity index (χ2n) is 8.37. The number of rotatable bonds is 7. The van der Waals surface area contributed by atoms with Crippen molar-refractivity contribution in [2.45, 2.75) is 92.1 Å². The van der Waals surface area contributed by atoms with Gasteiger partial charge in [0.1, 0.15) is 73.2 Å². The monoisotopic (exact) mass is 504 g/mol. The first-order valence-corrected chi connectivity index (χ1v) is 10.6. The molecular weight excluding hydrogens is 472 g/mol. The molecule has 3 rings (SSSR count). The number of hydrogen-bond donors (Lipinski definition) is 11. The second-order valence-corrected chi connectivity index (χ2v) is 8.37. The standard InChI is InChI=1S/C18H32O16/c19-1-4-7(21)11(25)14(28)17(32-4)34-15-12(26)8(22)5(2-20)33-18(15)30-3-6-9(23)10(24)13(27)16(29)31-6/h4-29H,1-3H2/t4-,5-,6-,7-,8-,9-,10+,11+,12+,13-,14-,15-,16?,17+,18+/m1/s1. The number of hydrogen-bond acceptors (Lipinski definition) is 16. The molecule has 0 spiro atoms. The van der Waals surface area contributed by atoms with Gasteiger partial charge in [-0.25, -0.2) is 0 Å². The normalized spacial score (nSPS) is 52.5. The van der Waals surface area contributed by atoms with Gasteiger partial charge in [0.15, 0.2) is 18.9 Å². The van der Waals surface area contributed by atoms with Crippen molar-refractivity contribution in [2.75, 3.05) is 19.8 Å². The lowest BCUT2D eigenvalue weighted by Crippen LogP contribution is -2.65. The van der Waals surface area contributed by atoms with E-state index in [-0.39, 0.29) is 0 Å². The van der Waals surface area contributed by atoms with Crippen molar-refractivity contribution in [2.24, 2.45) is 0 Å². The molecule has 0 aromatic carbocycles. The largest absolute Gasteiger partial charge is 0.394 e. The maximum Gasteiger partial charge on any atom is 0.187 e. The molecule has 0 aromatic heterocycles. The Hall–Kier alpha value is -0.640. The fourth-order valence-corrected chi connectivity index (χ4v) is 3.93. The van der Waals surface area contributed by atoms with Crippen molar-refractivity contribution in [1.29, 1.82) is 0 Å². The van der Waals surface area contributed by atoms with Crippen LogP contribution in [0.3, 0.4) is 0 Å². The van der Waals surface area contributed by atoms with Gasteiger partial charge in [-0.1, -0.05) is 0 Å². The minimum atomic E-state index is -1.85. The Kier molecular flexibility index (Phi) is 9.54. The van der Waals surface area contributed by atoms with Gasteiger partial charge in [0.05, 0.1) is 19.8 Å². The molecule has 0 aliphatic carbocycles. The van der Waals surface area contributed by atoms with E-state index in [1.807, 2.05) is 0 Å². The highest BCUT2D eigenvalue weighted by molar-refractivity contribution is 4.94. The second kappa shape index (κ2) is 11.6.